The predicted octanol–water partition coefficient (Wildman–Crippen LogP) is 4.14. The molecule has 2 saturated heterocycles. The van der Waals surface area contributed by atoms with E-state index in [2.05, 4.69) is 19.9 Å². The number of hydrogen-bond donors (Lipinski definition) is 0. The minimum Gasteiger partial charge on any atom is -0.491 e. The molecular formula is C29H28F2N6O5. The molecule has 0 bridgehead atoms. The molecule has 2 fully saturated rings. The number of hydrogen-bond acceptors (Lipinski definition) is 9. The first kappa shape index (κ1) is 27.5. The van der Waals surface area contributed by atoms with E-state index in [1.807, 2.05) is 24.3 Å². The molecule has 0 N–H and O–H groups in total. The third-order valence-electron chi connectivity index (χ3n) is 7.38. The van der Waals surface area contributed by atoms with Crippen LogP contribution in [0.25, 0.3) is 0 Å². The smallest absolute Gasteiger partial charge is 0.269 e. The first-order valence-corrected chi connectivity index (χ1v) is 13.5. The number of ether oxygens (including phenoxy) is 3. The van der Waals surface area contributed by atoms with E-state index in [0.29, 0.717) is 5.75 Å². The van der Waals surface area contributed by atoms with Crippen molar-refractivity contribution in [2.75, 3.05) is 49.2 Å². The van der Waals surface area contributed by atoms with Crippen molar-refractivity contribution in [3.05, 3.63) is 107 Å². The van der Waals surface area contributed by atoms with Crippen molar-refractivity contribution in [2.24, 2.45) is 0 Å². The van der Waals surface area contributed by atoms with Crippen LogP contribution in [0.3, 0.4) is 0 Å². The van der Waals surface area contributed by atoms with Crippen molar-refractivity contribution in [1.82, 2.24) is 14.8 Å². The van der Waals surface area contributed by atoms with Crippen LogP contribution in [0.15, 0.2) is 79.4 Å². The van der Waals surface area contributed by atoms with Gasteiger partial charge in [-0.15, -0.1) is 0 Å². The zero-order valence-electron chi connectivity index (χ0n) is 22.5. The van der Waals surface area contributed by atoms with Crippen LogP contribution < -0.4 is 14.5 Å². The number of benzene rings is 3. The highest BCUT2D eigenvalue weighted by Gasteiger charge is 2.46. The Labute approximate surface area is 240 Å². The molecule has 4 aromatic rings. The van der Waals surface area contributed by atoms with Crippen molar-refractivity contribution < 1.29 is 27.9 Å². The van der Waals surface area contributed by atoms with Crippen molar-refractivity contribution in [2.45, 2.75) is 18.4 Å². The second kappa shape index (κ2) is 11.7. The summed E-state index contributed by atoms with van der Waals surface area (Å²) in [6.45, 7) is 3.52. The number of nitrogens with zero attached hydrogens (tertiary/aromatic N) is 6. The first-order valence-electron chi connectivity index (χ1n) is 13.5. The Morgan fingerprint density at radius 1 is 0.976 bits per heavy atom. The van der Waals surface area contributed by atoms with Crippen molar-refractivity contribution >= 4 is 17.1 Å². The molecule has 11 nitrogen and oxygen atoms in total. The maximum atomic E-state index is 14.8. The lowest BCUT2D eigenvalue weighted by Crippen LogP contribution is -2.46. The number of nitro groups is 1. The fraction of sp³-hybridized carbons (Fsp3) is 0.310. The Bertz CT molecular complexity index is 1510. The Kier molecular flexibility index (Phi) is 7.68. The van der Waals surface area contributed by atoms with Crippen LogP contribution in [0.4, 0.5) is 25.8 Å². The molecule has 2 aliphatic rings. The van der Waals surface area contributed by atoms with Gasteiger partial charge in [-0.25, -0.2) is 18.4 Å². The topological polar surface area (TPSA) is 108 Å². The van der Waals surface area contributed by atoms with Gasteiger partial charge in [-0.05, 0) is 48.5 Å². The van der Waals surface area contributed by atoms with Gasteiger partial charge in [0.25, 0.3) is 5.69 Å². The Morgan fingerprint density at radius 3 is 2.24 bits per heavy atom. The molecule has 3 aromatic carbocycles. The van der Waals surface area contributed by atoms with Gasteiger partial charge in [0.05, 0.1) is 11.5 Å². The van der Waals surface area contributed by atoms with E-state index in [9.17, 15) is 18.9 Å². The molecule has 42 heavy (non-hydrogen) atoms. The summed E-state index contributed by atoms with van der Waals surface area (Å²) in [6.07, 6.45) is 2.31. The van der Waals surface area contributed by atoms with E-state index in [-0.39, 0.29) is 31.0 Å². The van der Waals surface area contributed by atoms with Crippen molar-refractivity contribution in [3.8, 4) is 5.75 Å². The van der Waals surface area contributed by atoms with Gasteiger partial charge in [-0.1, -0.05) is 0 Å². The van der Waals surface area contributed by atoms with Crippen LogP contribution in [-0.4, -0.2) is 65.2 Å². The number of anilines is 2. The number of halogens is 2. The number of nitro benzene ring substituents is 1. The van der Waals surface area contributed by atoms with Crippen LogP contribution in [0.2, 0.25) is 0 Å². The third kappa shape index (κ3) is 5.87. The largest absolute Gasteiger partial charge is 0.491 e. The molecule has 0 radical (unpaired) electrons. The lowest BCUT2D eigenvalue weighted by Gasteiger charge is -2.37. The van der Waals surface area contributed by atoms with Gasteiger partial charge >= 0.3 is 0 Å². The molecule has 218 valence electrons. The first-order chi connectivity index (χ1) is 20.4. The van der Waals surface area contributed by atoms with Crippen molar-refractivity contribution in [1.29, 1.82) is 0 Å². The Hall–Kier alpha value is -4.62. The molecule has 13 heteroatoms. The average Bonchev–Trinajstić information content (AvgIpc) is 3.67. The van der Waals surface area contributed by atoms with Gasteiger partial charge in [-0.3, -0.25) is 10.1 Å². The normalized spacial score (nSPS) is 20.6. The second-order valence-electron chi connectivity index (χ2n) is 10.1. The van der Waals surface area contributed by atoms with E-state index >= 15 is 0 Å². The van der Waals surface area contributed by atoms with E-state index in [0.717, 1.165) is 49.7 Å². The van der Waals surface area contributed by atoms with Gasteiger partial charge in [0.2, 0.25) is 5.79 Å². The molecule has 0 unspecified atom stereocenters. The zero-order valence-corrected chi connectivity index (χ0v) is 22.5. The molecule has 0 spiro atoms. The summed E-state index contributed by atoms with van der Waals surface area (Å²) in [4.78, 5) is 18.9. The highest BCUT2D eigenvalue weighted by Crippen LogP contribution is 2.38. The SMILES string of the molecule is O=[N+]([O-])c1ccc(N2CCN(c3ccc(OC[C@@H]4CO[C@@](Cn5cncn5)(c5ccc(F)cc5F)O4)cc3)CC2)cc1. The minimum atomic E-state index is -1.51. The molecule has 0 aliphatic carbocycles. The lowest BCUT2D eigenvalue weighted by atomic mass is 10.0. The molecule has 3 heterocycles. The van der Waals surface area contributed by atoms with Crippen LogP contribution in [-0.2, 0) is 21.8 Å². The van der Waals surface area contributed by atoms with Gasteiger partial charge in [0.15, 0.2) is 0 Å². The maximum absolute atomic E-state index is 14.8. The van der Waals surface area contributed by atoms with Crippen LogP contribution >= 0.6 is 0 Å². The maximum Gasteiger partial charge on any atom is 0.269 e. The average molecular weight is 579 g/mol. The third-order valence-corrected chi connectivity index (χ3v) is 7.38. The quantitative estimate of drug-likeness (QED) is 0.214. The number of piperazine rings is 1. The van der Waals surface area contributed by atoms with Gasteiger partial charge in [0.1, 0.15) is 49.3 Å². The summed E-state index contributed by atoms with van der Waals surface area (Å²) in [7, 11) is 0. The van der Waals surface area contributed by atoms with Crippen LogP contribution in [0.1, 0.15) is 5.56 Å². The van der Waals surface area contributed by atoms with Crippen LogP contribution in [0.5, 0.6) is 5.75 Å². The number of non-ortho nitro benzene ring substituents is 1. The molecular weight excluding hydrogens is 550 g/mol. The molecule has 1 aromatic heterocycles. The van der Waals surface area contributed by atoms with Crippen molar-refractivity contribution in [3.63, 3.8) is 0 Å². The summed E-state index contributed by atoms with van der Waals surface area (Å²) in [6, 6.07) is 17.7. The van der Waals surface area contributed by atoms with E-state index in [1.165, 1.54) is 35.5 Å². The number of aromatic nitrogens is 3. The molecule has 0 amide bonds. The molecule has 2 aliphatic heterocycles. The lowest BCUT2D eigenvalue weighted by molar-refractivity contribution is -0.384. The van der Waals surface area contributed by atoms with Gasteiger partial charge in [-0.2, -0.15) is 5.10 Å². The zero-order chi connectivity index (χ0) is 29.1. The van der Waals surface area contributed by atoms with E-state index in [4.69, 9.17) is 14.2 Å². The summed E-state index contributed by atoms with van der Waals surface area (Å²) < 4.78 is 48.0. The summed E-state index contributed by atoms with van der Waals surface area (Å²) in [5.74, 6) is -2.34. The van der Waals surface area contributed by atoms with Crippen LogP contribution in [0, 0.1) is 21.7 Å². The predicted molar refractivity (Wildman–Crippen MR) is 148 cm³/mol. The number of rotatable bonds is 9. The van der Waals surface area contributed by atoms with Gasteiger partial charge in [0, 0.05) is 61.3 Å². The fourth-order valence-corrected chi connectivity index (χ4v) is 5.23. The molecule has 0 saturated carbocycles. The summed E-state index contributed by atoms with van der Waals surface area (Å²) >= 11 is 0. The highest BCUT2D eigenvalue weighted by atomic mass is 19.1. The second-order valence-corrected chi connectivity index (χ2v) is 10.1. The Balaban J connectivity index is 1.04. The monoisotopic (exact) mass is 578 g/mol. The standard InChI is InChI=1S/C29H28F2N6O5/c30-21-1-10-27(28(31)15-21)29(18-36-20-32-19-33-36)41-17-26(42-29)16-40-25-8-6-23(7-9-25)35-13-11-34(12-14-35)22-2-4-24(5-3-22)37(38)39/h1-10,15,19-20,26H,11-14,16-18H2/t26-,29-/m1/s1. The minimum absolute atomic E-state index is 0.0260. The highest BCUT2D eigenvalue weighted by molar-refractivity contribution is 5.54. The fourth-order valence-electron chi connectivity index (χ4n) is 5.23. The van der Waals surface area contributed by atoms with E-state index < -0.39 is 28.4 Å². The molecule has 6 rings (SSSR count). The summed E-state index contributed by atoms with van der Waals surface area (Å²) in [5.41, 5.74) is 2.18. The van der Waals surface area contributed by atoms with Gasteiger partial charge < -0.3 is 24.0 Å². The van der Waals surface area contributed by atoms with E-state index in [1.54, 1.807) is 12.1 Å². The summed E-state index contributed by atoms with van der Waals surface area (Å²) in [5, 5.41) is 15.0. The molecule has 2 atom stereocenters. The Morgan fingerprint density at radius 2 is 1.64 bits per heavy atom.